The molecule has 25 heavy (non-hydrogen) atoms. The SMILES string of the molecule is COCC(=O)Nc1ccc(NC(=O)NC(C)c2ccc(F)cc2)cc1. The lowest BCUT2D eigenvalue weighted by molar-refractivity contribution is -0.119. The average molecular weight is 345 g/mol. The van der Waals surface area contributed by atoms with Crippen LogP contribution in [0.4, 0.5) is 20.6 Å². The number of amides is 3. The van der Waals surface area contributed by atoms with E-state index in [-0.39, 0.29) is 30.4 Å². The molecule has 0 fully saturated rings. The molecule has 0 aliphatic rings. The van der Waals surface area contributed by atoms with Crippen LogP contribution in [0, 0.1) is 5.82 Å². The van der Waals surface area contributed by atoms with E-state index in [1.54, 1.807) is 43.3 Å². The molecule has 2 rings (SSSR count). The molecule has 3 amide bonds. The van der Waals surface area contributed by atoms with Gasteiger partial charge in [0.15, 0.2) is 0 Å². The quantitative estimate of drug-likeness (QED) is 0.752. The standard InChI is InChI=1S/C18H20FN3O3/c1-12(13-3-5-14(19)6-4-13)20-18(24)22-16-9-7-15(8-10-16)21-17(23)11-25-2/h3-10,12H,11H2,1-2H3,(H,21,23)(H2,20,22,24). The van der Waals surface area contributed by atoms with Crippen LogP contribution in [0.2, 0.25) is 0 Å². The van der Waals surface area contributed by atoms with Crippen LogP contribution in [0.5, 0.6) is 0 Å². The molecule has 132 valence electrons. The molecule has 0 aliphatic heterocycles. The molecule has 0 spiro atoms. The number of carbonyl (C=O) groups excluding carboxylic acids is 2. The van der Waals surface area contributed by atoms with Crippen LogP contribution in [0.3, 0.4) is 0 Å². The summed E-state index contributed by atoms with van der Waals surface area (Å²) >= 11 is 0. The molecule has 3 N–H and O–H groups in total. The first-order valence-corrected chi connectivity index (χ1v) is 7.70. The van der Waals surface area contributed by atoms with Crippen molar-refractivity contribution in [2.45, 2.75) is 13.0 Å². The molecule has 2 aromatic carbocycles. The summed E-state index contributed by atoms with van der Waals surface area (Å²) in [5.74, 6) is -0.577. The van der Waals surface area contributed by atoms with Gasteiger partial charge in [0, 0.05) is 18.5 Å². The largest absolute Gasteiger partial charge is 0.375 e. The summed E-state index contributed by atoms with van der Waals surface area (Å²) < 4.78 is 17.7. The van der Waals surface area contributed by atoms with Gasteiger partial charge < -0.3 is 20.7 Å². The summed E-state index contributed by atoms with van der Waals surface area (Å²) in [6.07, 6.45) is 0. The molecule has 1 unspecified atom stereocenters. The third kappa shape index (κ3) is 5.89. The Bertz CT molecular complexity index is 717. The highest BCUT2D eigenvalue weighted by Crippen LogP contribution is 2.15. The number of anilines is 2. The number of hydrogen-bond acceptors (Lipinski definition) is 3. The first-order chi connectivity index (χ1) is 12.0. The van der Waals surface area contributed by atoms with E-state index in [4.69, 9.17) is 4.74 Å². The van der Waals surface area contributed by atoms with Crippen molar-refractivity contribution in [3.8, 4) is 0 Å². The van der Waals surface area contributed by atoms with E-state index in [0.29, 0.717) is 11.4 Å². The molecule has 1 atom stereocenters. The van der Waals surface area contributed by atoms with E-state index >= 15 is 0 Å². The monoisotopic (exact) mass is 345 g/mol. The van der Waals surface area contributed by atoms with Gasteiger partial charge in [0.2, 0.25) is 5.91 Å². The molecule has 0 aliphatic carbocycles. The molecular formula is C18H20FN3O3. The first kappa shape index (κ1) is 18.4. The number of ether oxygens (including phenoxy) is 1. The zero-order chi connectivity index (χ0) is 18.2. The number of urea groups is 1. The fourth-order valence-electron chi connectivity index (χ4n) is 2.16. The summed E-state index contributed by atoms with van der Waals surface area (Å²) in [5.41, 5.74) is 1.98. The number of carbonyl (C=O) groups is 2. The second-order valence-electron chi connectivity index (χ2n) is 5.43. The Balaban J connectivity index is 1.87. The molecule has 2 aromatic rings. The van der Waals surface area contributed by atoms with Gasteiger partial charge in [0.1, 0.15) is 12.4 Å². The van der Waals surface area contributed by atoms with Gasteiger partial charge in [-0.1, -0.05) is 12.1 Å². The number of rotatable bonds is 6. The van der Waals surface area contributed by atoms with Gasteiger partial charge in [-0.05, 0) is 48.9 Å². The lowest BCUT2D eigenvalue weighted by atomic mass is 10.1. The van der Waals surface area contributed by atoms with Gasteiger partial charge in [-0.3, -0.25) is 4.79 Å². The zero-order valence-corrected chi connectivity index (χ0v) is 14.0. The van der Waals surface area contributed by atoms with Crippen molar-refractivity contribution in [3.05, 3.63) is 59.9 Å². The molecule has 7 heteroatoms. The van der Waals surface area contributed by atoms with E-state index in [9.17, 15) is 14.0 Å². The fourth-order valence-corrected chi connectivity index (χ4v) is 2.16. The smallest absolute Gasteiger partial charge is 0.319 e. The van der Waals surface area contributed by atoms with E-state index in [1.807, 2.05) is 0 Å². The van der Waals surface area contributed by atoms with E-state index < -0.39 is 0 Å². The fraction of sp³-hybridized carbons (Fsp3) is 0.222. The van der Waals surface area contributed by atoms with Gasteiger partial charge in [-0.2, -0.15) is 0 Å². The molecule has 0 heterocycles. The van der Waals surface area contributed by atoms with Crippen LogP contribution >= 0.6 is 0 Å². The Morgan fingerprint density at radius 3 is 2.12 bits per heavy atom. The maximum absolute atomic E-state index is 12.9. The molecule has 0 saturated heterocycles. The van der Waals surface area contributed by atoms with Crippen LogP contribution in [-0.2, 0) is 9.53 Å². The predicted molar refractivity (Wildman–Crippen MR) is 93.9 cm³/mol. The van der Waals surface area contributed by atoms with Crippen LogP contribution in [-0.4, -0.2) is 25.7 Å². The second kappa shape index (κ2) is 8.79. The third-order valence-corrected chi connectivity index (χ3v) is 3.42. The molecule has 6 nitrogen and oxygen atoms in total. The zero-order valence-electron chi connectivity index (χ0n) is 14.0. The third-order valence-electron chi connectivity index (χ3n) is 3.42. The Morgan fingerprint density at radius 1 is 1.00 bits per heavy atom. The lowest BCUT2D eigenvalue weighted by Gasteiger charge is -2.15. The Labute approximate surface area is 145 Å². The van der Waals surface area contributed by atoms with E-state index in [0.717, 1.165) is 5.56 Å². The molecule has 0 bridgehead atoms. The van der Waals surface area contributed by atoms with Gasteiger partial charge >= 0.3 is 6.03 Å². The Hall–Kier alpha value is -2.93. The lowest BCUT2D eigenvalue weighted by Crippen LogP contribution is -2.31. The number of nitrogens with one attached hydrogen (secondary N) is 3. The van der Waals surface area contributed by atoms with Crippen molar-refractivity contribution in [3.63, 3.8) is 0 Å². The molecule has 0 saturated carbocycles. The van der Waals surface area contributed by atoms with Crippen molar-refractivity contribution in [1.29, 1.82) is 0 Å². The molecule has 0 aromatic heterocycles. The predicted octanol–water partition coefficient (Wildman–Crippen LogP) is 3.29. The minimum atomic E-state index is -0.381. The van der Waals surface area contributed by atoms with Gasteiger partial charge in [-0.25, -0.2) is 9.18 Å². The summed E-state index contributed by atoms with van der Waals surface area (Å²) in [6, 6.07) is 12.0. The van der Waals surface area contributed by atoms with Crippen LogP contribution in [0.15, 0.2) is 48.5 Å². The number of hydrogen-bond donors (Lipinski definition) is 3. The molecular weight excluding hydrogens is 325 g/mol. The highest BCUT2D eigenvalue weighted by molar-refractivity contribution is 5.93. The topological polar surface area (TPSA) is 79.5 Å². The summed E-state index contributed by atoms with van der Waals surface area (Å²) in [4.78, 5) is 23.4. The highest BCUT2D eigenvalue weighted by Gasteiger charge is 2.10. The number of halogens is 1. The second-order valence-corrected chi connectivity index (χ2v) is 5.43. The Morgan fingerprint density at radius 2 is 1.56 bits per heavy atom. The van der Waals surface area contributed by atoms with Crippen molar-refractivity contribution in [2.24, 2.45) is 0 Å². The number of benzene rings is 2. The van der Waals surface area contributed by atoms with E-state index in [1.165, 1.54) is 19.2 Å². The number of methoxy groups -OCH3 is 1. The maximum Gasteiger partial charge on any atom is 0.319 e. The van der Waals surface area contributed by atoms with Gasteiger partial charge in [-0.15, -0.1) is 0 Å². The maximum atomic E-state index is 12.9. The summed E-state index contributed by atoms with van der Waals surface area (Å²) in [6.45, 7) is 1.78. The summed E-state index contributed by atoms with van der Waals surface area (Å²) in [7, 11) is 1.44. The average Bonchev–Trinajstić information content (AvgIpc) is 2.57. The normalized spacial score (nSPS) is 11.5. The van der Waals surface area contributed by atoms with Gasteiger partial charge in [0.25, 0.3) is 0 Å². The van der Waals surface area contributed by atoms with E-state index in [2.05, 4.69) is 16.0 Å². The van der Waals surface area contributed by atoms with Crippen LogP contribution in [0.25, 0.3) is 0 Å². The van der Waals surface area contributed by atoms with Crippen LogP contribution < -0.4 is 16.0 Å². The minimum Gasteiger partial charge on any atom is -0.375 e. The summed E-state index contributed by atoms with van der Waals surface area (Å²) in [5, 5.41) is 8.13. The van der Waals surface area contributed by atoms with Crippen molar-refractivity contribution < 1.29 is 18.7 Å². The van der Waals surface area contributed by atoms with Gasteiger partial charge in [0.05, 0.1) is 6.04 Å². The minimum absolute atomic E-state index is 0.0241. The van der Waals surface area contributed by atoms with Crippen molar-refractivity contribution in [2.75, 3.05) is 24.4 Å². The first-order valence-electron chi connectivity index (χ1n) is 7.70. The van der Waals surface area contributed by atoms with Crippen LogP contribution in [0.1, 0.15) is 18.5 Å². The Kier molecular flexibility index (Phi) is 6.47. The highest BCUT2D eigenvalue weighted by atomic mass is 19.1. The molecule has 0 radical (unpaired) electrons. The van der Waals surface area contributed by atoms with Crippen molar-refractivity contribution >= 4 is 23.3 Å². The van der Waals surface area contributed by atoms with Crippen molar-refractivity contribution in [1.82, 2.24) is 5.32 Å².